The maximum atomic E-state index is 14.0. The van der Waals surface area contributed by atoms with Crippen LogP contribution in [0.5, 0.6) is 0 Å². The second-order valence-electron chi connectivity index (χ2n) is 7.10. The van der Waals surface area contributed by atoms with Gasteiger partial charge >= 0.3 is 0 Å². The molecule has 1 N–H and O–H groups in total. The first kappa shape index (κ1) is 21.0. The lowest BCUT2D eigenvalue weighted by atomic mass is 10.1. The lowest BCUT2D eigenvalue weighted by molar-refractivity contribution is -0.147. The van der Waals surface area contributed by atoms with Gasteiger partial charge in [-0.2, -0.15) is 0 Å². The van der Waals surface area contributed by atoms with Gasteiger partial charge < -0.3 is 15.1 Å². The molecule has 2 amide bonds. The normalized spacial score (nSPS) is 18.4. The Kier molecular flexibility index (Phi) is 7.00. The molecule has 0 saturated carbocycles. The van der Waals surface area contributed by atoms with Gasteiger partial charge in [0.05, 0.1) is 12.2 Å². The van der Waals surface area contributed by atoms with E-state index in [-0.39, 0.29) is 24.0 Å². The summed E-state index contributed by atoms with van der Waals surface area (Å²) in [6.45, 7) is 5.53. The summed E-state index contributed by atoms with van der Waals surface area (Å²) in [6, 6.07) is 3.48. The van der Waals surface area contributed by atoms with E-state index < -0.39 is 11.6 Å². The average Bonchev–Trinajstić information content (AvgIpc) is 2.71. The van der Waals surface area contributed by atoms with E-state index in [1.165, 1.54) is 11.0 Å². The predicted octanol–water partition coefficient (Wildman–Crippen LogP) is 1.59. The third kappa shape index (κ3) is 5.21. The molecule has 0 spiro atoms. The Morgan fingerprint density at radius 2 is 1.79 bits per heavy atom. The van der Waals surface area contributed by atoms with E-state index in [0.717, 1.165) is 12.1 Å². The number of hydrogen-bond acceptors (Lipinski definition) is 4. The first-order valence-corrected chi connectivity index (χ1v) is 10.1. The number of anilines is 1. The number of guanidine groups is 1. The maximum absolute atomic E-state index is 14.0. The number of benzene rings is 1. The van der Waals surface area contributed by atoms with Crippen molar-refractivity contribution < 1.29 is 18.4 Å². The number of nitrogens with zero attached hydrogens (tertiary/aromatic N) is 4. The Hall–Kier alpha value is -2.71. The number of aliphatic imine (C=N–C) groups is 1. The summed E-state index contributed by atoms with van der Waals surface area (Å²) in [5.41, 5.74) is 0.272. The largest absolute Gasteiger partial charge is 0.366 e. The predicted molar refractivity (Wildman–Crippen MR) is 107 cm³/mol. The Morgan fingerprint density at radius 3 is 2.45 bits per heavy atom. The standard InChI is InChI=1S/C20H27F2N5O2/c1-2-23-20(24-8-9-27-18(28)4-3-5-19(27)29)26-12-10-25(11-13-26)17-14-15(21)6-7-16(17)22/h6-7,14H,2-5,8-13H2,1H3,(H,23,24). The number of carbonyl (C=O) groups is 2. The van der Waals surface area contributed by atoms with Gasteiger partial charge in [0.2, 0.25) is 11.8 Å². The molecule has 1 aromatic rings. The summed E-state index contributed by atoms with van der Waals surface area (Å²) in [7, 11) is 0. The molecule has 158 valence electrons. The Labute approximate surface area is 169 Å². The van der Waals surface area contributed by atoms with Crippen molar-refractivity contribution in [2.45, 2.75) is 26.2 Å². The van der Waals surface area contributed by atoms with E-state index in [0.29, 0.717) is 64.5 Å². The minimum Gasteiger partial charge on any atom is -0.366 e. The summed E-state index contributed by atoms with van der Waals surface area (Å²) in [6.07, 6.45) is 1.44. The van der Waals surface area contributed by atoms with Crippen molar-refractivity contribution in [3.8, 4) is 0 Å². The second-order valence-corrected chi connectivity index (χ2v) is 7.10. The minimum absolute atomic E-state index is 0.132. The SMILES string of the molecule is CCNC(=NCCN1C(=O)CCCC1=O)N1CCN(c2cc(F)ccc2F)CC1. The van der Waals surface area contributed by atoms with Gasteiger partial charge in [0.25, 0.3) is 0 Å². The van der Waals surface area contributed by atoms with Crippen molar-refractivity contribution in [1.29, 1.82) is 0 Å². The molecular formula is C20H27F2N5O2. The lowest BCUT2D eigenvalue weighted by Gasteiger charge is -2.37. The van der Waals surface area contributed by atoms with Gasteiger partial charge in [-0.25, -0.2) is 8.78 Å². The second kappa shape index (κ2) is 9.67. The van der Waals surface area contributed by atoms with Crippen LogP contribution in [0, 0.1) is 11.6 Å². The molecule has 0 atom stereocenters. The zero-order valence-corrected chi connectivity index (χ0v) is 16.7. The first-order valence-electron chi connectivity index (χ1n) is 10.1. The molecule has 7 nitrogen and oxygen atoms in total. The highest BCUT2D eigenvalue weighted by Crippen LogP contribution is 2.22. The Bertz CT molecular complexity index is 762. The van der Waals surface area contributed by atoms with Crippen LogP contribution in [0.15, 0.2) is 23.2 Å². The van der Waals surface area contributed by atoms with E-state index in [2.05, 4.69) is 15.2 Å². The Morgan fingerprint density at radius 1 is 1.10 bits per heavy atom. The van der Waals surface area contributed by atoms with E-state index in [1.54, 1.807) is 0 Å². The number of amides is 2. The van der Waals surface area contributed by atoms with Crippen molar-refractivity contribution in [1.82, 2.24) is 15.1 Å². The minimum atomic E-state index is -0.458. The third-order valence-electron chi connectivity index (χ3n) is 5.13. The average molecular weight is 407 g/mol. The van der Waals surface area contributed by atoms with E-state index in [4.69, 9.17) is 0 Å². The van der Waals surface area contributed by atoms with Crippen molar-refractivity contribution >= 4 is 23.5 Å². The van der Waals surface area contributed by atoms with Gasteiger partial charge in [-0.3, -0.25) is 19.5 Å². The van der Waals surface area contributed by atoms with Crippen molar-refractivity contribution in [3.63, 3.8) is 0 Å². The van der Waals surface area contributed by atoms with Crippen LogP contribution in [0.1, 0.15) is 26.2 Å². The molecule has 2 heterocycles. The highest BCUT2D eigenvalue weighted by Gasteiger charge is 2.26. The van der Waals surface area contributed by atoms with Crippen LogP contribution in [0.4, 0.5) is 14.5 Å². The summed E-state index contributed by atoms with van der Waals surface area (Å²) < 4.78 is 27.5. The van der Waals surface area contributed by atoms with Gasteiger partial charge in [-0.1, -0.05) is 0 Å². The zero-order chi connectivity index (χ0) is 20.8. The number of imide groups is 1. The quantitative estimate of drug-likeness (QED) is 0.456. The summed E-state index contributed by atoms with van der Waals surface area (Å²) in [4.78, 5) is 33.5. The molecule has 0 aromatic heterocycles. The van der Waals surface area contributed by atoms with Crippen LogP contribution >= 0.6 is 0 Å². The van der Waals surface area contributed by atoms with Crippen LogP contribution in [0.25, 0.3) is 0 Å². The number of piperazine rings is 1. The molecule has 2 fully saturated rings. The van der Waals surface area contributed by atoms with Gasteiger partial charge in [0.15, 0.2) is 5.96 Å². The van der Waals surface area contributed by atoms with E-state index in [9.17, 15) is 18.4 Å². The molecule has 2 aliphatic heterocycles. The topological polar surface area (TPSA) is 68.2 Å². The molecule has 2 saturated heterocycles. The zero-order valence-electron chi connectivity index (χ0n) is 16.7. The third-order valence-corrected chi connectivity index (χ3v) is 5.13. The highest BCUT2D eigenvalue weighted by atomic mass is 19.1. The van der Waals surface area contributed by atoms with Crippen LogP contribution in [-0.4, -0.2) is 73.4 Å². The van der Waals surface area contributed by atoms with Crippen molar-refractivity contribution in [2.75, 3.05) is 50.7 Å². The molecule has 1 aromatic carbocycles. The molecule has 0 bridgehead atoms. The molecule has 29 heavy (non-hydrogen) atoms. The monoisotopic (exact) mass is 407 g/mol. The van der Waals surface area contributed by atoms with Gasteiger partial charge in [-0.15, -0.1) is 0 Å². The van der Waals surface area contributed by atoms with Crippen molar-refractivity contribution in [3.05, 3.63) is 29.8 Å². The van der Waals surface area contributed by atoms with Crippen LogP contribution in [0.2, 0.25) is 0 Å². The fraction of sp³-hybridized carbons (Fsp3) is 0.550. The smallest absolute Gasteiger partial charge is 0.229 e. The van der Waals surface area contributed by atoms with Gasteiger partial charge in [-0.05, 0) is 25.5 Å². The van der Waals surface area contributed by atoms with Crippen LogP contribution in [0.3, 0.4) is 0 Å². The molecule has 2 aliphatic rings. The lowest BCUT2D eigenvalue weighted by Crippen LogP contribution is -2.53. The molecule has 3 rings (SSSR count). The number of piperidine rings is 1. The molecule has 9 heteroatoms. The number of carbonyl (C=O) groups excluding carboxylic acids is 2. The molecule has 0 radical (unpaired) electrons. The fourth-order valence-corrected chi connectivity index (χ4v) is 3.62. The van der Waals surface area contributed by atoms with Crippen molar-refractivity contribution in [2.24, 2.45) is 4.99 Å². The summed E-state index contributed by atoms with van der Waals surface area (Å²) >= 11 is 0. The number of nitrogens with one attached hydrogen (secondary N) is 1. The number of halogens is 2. The molecule has 0 aliphatic carbocycles. The van der Waals surface area contributed by atoms with Gasteiger partial charge in [0.1, 0.15) is 11.6 Å². The number of likely N-dealkylation sites (tertiary alicyclic amines) is 1. The number of rotatable bonds is 5. The van der Waals surface area contributed by atoms with E-state index >= 15 is 0 Å². The highest BCUT2D eigenvalue weighted by molar-refractivity contribution is 5.97. The van der Waals surface area contributed by atoms with E-state index in [1.807, 2.05) is 11.8 Å². The molecular weight excluding hydrogens is 380 g/mol. The summed E-state index contributed by atoms with van der Waals surface area (Å²) in [5.74, 6) is -0.458. The van der Waals surface area contributed by atoms with Crippen LogP contribution < -0.4 is 10.2 Å². The van der Waals surface area contributed by atoms with Crippen LogP contribution in [-0.2, 0) is 9.59 Å². The fourth-order valence-electron chi connectivity index (χ4n) is 3.62. The van der Waals surface area contributed by atoms with Gasteiger partial charge in [0, 0.05) is 58.2 Å². The number of hydrogen-bond donors (Lipinski definition) is 1. The maximum Gasteiger partial charge on any atom is 0.229 e. The molecule has 0 unspecified atom stereocenters. The first-order chi connectivity index (χ1) is 14.0. The Balaban J connectivity index is 1.58. The summed E-state index contributed by atoms with van der Waals surface area (Å²) in [5, 5.41) is 3.22.